The number of anilines is 4. The molecule has 5 aromatic rings. The molecule has 3 aromatic heterocycles. The topological polar surface area (TPSA) is 163 Å². The number of fused-ring (bicyclic) bond motifs is 1. The minimum absolute atomic E-state index is 0.201. The normalized spacial score (nSPS) is 18.3. The number of carbonyl (C=O) groups is 2. The summed E-state index contributed by atoms with van der Waals surface area (Å²) in [6, 6.07) is 18.2. The Morgan fingerprint density at radius 3 is 2.42 bits per heavy atom. The summed E-state index contributed by atoms with van der Waals surface area (Å²) in [5.74, 6) is 0.427. The van der Waals surface area contributed by atoms with Gasteiger partial charge in [-0.2, -0.15) is 4.98 Å². The van der Waals surface area contributed by atoms with Crippen molar-refractivity contribution in [1.29, 1.82) is 0 Å². The van der Waals surface area contributed by atoms with Gasteiger partial charge in [0.25, 0.3) is 11.5 Å². The summed E-state index contributed by atoms with van der Waals surface area (Å²) in [6.45, 7) is 13.4. The standard InChI is InChI=1S/C43H49FN10O5/c1-4-18-53-41(57)32-26-45-42(49-39(32)54(53)37-7-5-6-36(47-37)43(2,3)58)46-29-8-10-30(11-9-29)51-19-16-28(17-20-51)27-50-21-23-52(24-22-50)34-13-12-31(25-33(34)44)59-35-14-15-38(55)48-40(35)56/h4-13,25-26,28,35,58H,1,14-24,27H2,2-3H3,(H,45,46,49)(H,48,55,56). The molecule has 3 N–H and O–H groups in total. The lowest BCUT2D eigenvalue weighted by Crippen LogP contribution is -2.49. The van der Waals surface area contributed by atoms with E-state index < -0.39 is 17.6 Å². The van der Waals surface area contributed by atoms with Crippen LogP contribution in [0.25, 0.3) is 16.9 Å². The molecular formula is C43H49FN10O5. The molecule has 8 rings (SSSR count). The Morgan fingerprint density at radius 1 is 0.966 bits per heavy atom. The average molecular weight is 805 g/mol. The largest absolute Gasteiger partial charge is 0.480 e. The molecule has 2 amide bonds. The van der Waals surface area contributed by atoms with E-state index in [1.165, 1.54) is 16.9 Å². The predicted molar refractivity (Wildman–Crippen MR) is 223 cm³/mol. The first-order valence-corrected chi connectivity index (χ1v) is 20.1. The Balaban J connectivity index is 0.838. The van der Waals surface area contributed by atoms with E-state index in [2.05, 4.69) is 54.0 Å². The van der Waals surface area contributed by atoms with Crippen molar-refractivity contribution in [3.63, 3.8) is 0 Å². The minimum atomic E-state index is -1.18. The first-order valence-electron chi connectivity index (χ1n) is 20.1. The van der Waals surface area contributed by atoms with Crippen molar-refractivity contribution >= 4 is 45.9 Å². The molecule has 0 aliphatic carbocycles. The number of piperazine rings is 1. The summed E-state index contributed by atoms with van der Waals surface area (Å²) in [5.41, 5.74) is 1.87. The van der Waals surface area contributed by atoms with Crippen molar-refractivity contribution < 1.29 is 23.8 Å². The van der Waals surface area contributed by atoms with Crippen LogP contribution in [0.1, 0.15) is 45.2 Å². The van der Waals surface area contributed by atoms with Crippen molar-refractivity contribution in [2.75, 3.05) is 60.9 Å². The fourth-order valence-electron chi connectivity index (χ4n) is 8.05. The van der Waals surface area contributed by atoms with E-state index in [4.69, 9.17) is 9.72 Å². The summed E-state index contributed by atoms with van der Waals surface area (Å²) in [6.07, 6.45) is 4.99. The Bertz CT molecular complexity index is 2410. The molecule has 2 aromatic carbocycles. The lowest BCUT2D eigenvalue weighted by atomic mass is 9.95. The molecular weight excluding hydrogens is 756 g/mol. The van der Waals surface area contributed by atoms with Crippen LogP contribution in [0.5, 0.6) is 5.75 Å². The third kappa shape index (κ3) is 8.69. The van der Waals surface area contributed by atoms with Gasteiger partial charge in [-0.15, -0.1) is 6.58 Å². The van der Waals surface area contributed by atoms with Crippen molar-refractivity contribution in [2.24, 2.45) is 5.92 Å². The van der Waals surface area contributed by atoms with Gasteiger partial charge in [0.05, 0.1) is 17.9 Å². The average Bonchev–Trinajstić information content (AvgIpc) is 3.49. The maximum Gasteiger partial charge on any atom is 0.278 e. The molecule has 1 atom stereocenters. The molecule has 0 radical (unpaired) electrons. The highest BCUT2D eigenvalue weighted by molar-refractivity contribution is 5.99. The predicted octanol–water partition coefficient (Wildman–Crippen LogP) is 4.50. The fraction of sp³-hybridized carbons (Fsp3) is 0.395. The van der Waals surface area contributed by atoms with Crippen LogP contribution < -0.4 is 30.7 Å². The first-order chi connectivity index (χ1) is 28.4. The lowest BCUT2D eigenvalue weighted by Gasteiger charge is -2.40. The Kier molecular flexibility index (Phi) is 11.2. The number of imide groups is 1. The number of aliphatic hydroxyl groups is 1. The highest BCUT2D eigenvalue weighted by Gasteiger charge is 2.30. The molecule has 3 aliphatic heterocycles. The molecule has 1 unspecified atom stereocenters. The number of carbonyl (C=O) groups excluding carboxylic acids is 2. The highest BCUT2D eigenvalue weighted by Crippen LogP contribution is 2.29. The summed E-state index contributed by atoms with van der Waals surface area (Å²) in [7, 11) is 0. The van der Waals surface area contributed by atoms with Gasteiger partial charge in [0, 0.05) is 82.3 Å². The second-order valence-corrected chi connectivity index (χ2v) is 15.9. The number of benzene rings is 2. The zero-order chi connectivity index (χ0) is 41.3. The van der Waals surface area contributed by atoms with Crippen molar-refractivity contribution in [2.45, 2.75) is 57.8 Å². The van der Waals surface area contributed by atoms with Crippen LogP contribution >= 0.6 is 0 Å². The maximum atomic E-state index is 15.2. The number of rotatable bonds is 12. The maximum absolute atomic E-state index is 15.2. The second kappa shape index (κ2) is 16.6. The van der Waals surface area contributed by atoms with E-state index in [1.807, 2.05) is 12.1 Å². The van der Waals surface area contributed by atoms with Crippen LogP contribution in [0.15, 0.2) is 84.3 Å². The number of aromatic nitrogens is 5. The Labute approximate surface area is 341 Å². The number of nitrogens with one attached hydrogen (secondary N) is 2. The molecule has 308 valence electrons. The van der Waals surface area contributed by atoms with E-state index in [0.717, 1.165) is 70.0 Å². The molecule has 16 heteroatoms. The molecule has 0 saturated carbocycles. The van der Waals surface area contributed by atoms with Crippen LogP contribution in [0.2, 0.25) is 0 Å². The number of pyridine rings is 1. The van der Waals surface area contributed by atoms with Gasteiger partial charge in [-0.3, -0.25) is 24.6 Å². The SMILES string of the molecule is C=CCn1c(=O)c2cnc(Nc3ccc(N4CCC(CN5CCN(c6ccc(OC7CCC(=O)NC7=O)cc6F)CC5)CC4)cc3)nc2n1-c1cccc(C(C)(C)O)n1. The molecule has 3 saturated heterocycles. The zero-order valence-electron chi connectivity index (χ0n) is 33.3. The zero-order valence-corrected chi connectivity index (χ0v) is 33.3. The third-order valence-electron chi connectivity index (χ3n) is 11.3. The summed E-state index contributed by atoms with van der Waals surface area (Å²) >= 11 is 0. The number of piperidine rings is 2. The summed E-state index contributed by atoms with van der Waals surface area (Å²) < 4.78 is 24.0. The van der Waals surface area contributed by atoms with Crippen LogP contribution in [-0.4, -0.2) is 98.1 Å². The van der Waals surface area contributed by atoms with Gasteiger partial charge in [-0.1, -0.05) is 12.1 Å². The lowest BCUT2D eigenvalue weighted by molar-refractivity contribution is -0.138. The van der Waals surface area contributed by atoms with E-state index in [9.17, 15) is 19.5 Å². The van der Waals surface area contributed by atoms with Gasteiger partial charge in [-0.05, 0) is 81.1 Å². The van der Waals surface area contributed by atoms with Gasteiger partial charge in [0.15, 0.2) is 17.6 Å². The molecule has 3 aliphatic rings. The van der Waals surface area contributed by atoms with Crippen LogP contribution in [0.3, 0.4) is 0 Å². The van der Waals surface area contributed by atoms with E-state index in [-0.39, 0.29) is 42.4 Å². The number of ether oxygens (including phenoxy) is 1. The number of nitrogens with zero attached hydrogens (tertiary/aromatic N) is 8. The van der Waals surface area contributed by atoms with Crippen LogP contribution in [0.4, 0.5) is 27.4 Å². The molecule has 59 heavy (non-hydrogen) atoms. The van der Waals surface area contributed by atoms with E-state index in [0.29, 0.717) is 40.1 Å². The molecule has 15 nitrogen and oxygen atoms in total. The van der Waals surface area contributed by atoms with Crippen molar-refractivity contribution in [3.8, 4) is 11.6 Å². The fourth-order valence-corrected chi connectivity index (χ4v) is 8.05. The number of amides is 2. The van der Waals surface area contributed by atoms with Gasteiger partial charge in [-0.25, -0.2) is 23.7 Å². The Hall–Kier alpha value is -6.13. The van der Waals surface area contributed by atoms with Gasteiger partial charge >= 0.3 is 0 Å². The second-order valence-electron chi connectivity index (χ2n) is 15.9. The van der Waals surface area contributed by atoms with Gasteiger partial charge in [0.2, 0.25) is 11.9 Å². The molecule has 0 bridgehead atoms. The molecule has 6 heterocycles. The van der Waals surface area contributed by atoms with Crippen molar-refractivity contribution in [3.05, 3.63) is 101 Å². The highest BCUT2D eigenvalue weighted by atomic mass is 19.1. The van der Waals surface area contributed by atoms with E-state index in [1.54, 1.807) is 54.9 Å². The van der Waals surface area contributed by atoms with Crippen molar-refractivity contribution in [1.82, 2.24) is 34.5 Å². The van der Waals surface area contributed by atoms with Gasteiger partial charge in [0.1, 0.15) is 22.6 Å². The number of allylic oxidation sites excluding steroid dienone is 1. The third-order valence-corrected chi connectivity index (χ3v) is 11.3. The Morgan fingerprint density at radius 2 is 1.73 bits per heavy atom. The summed E-state index contributed by atoms with van der Waals surface area (Å²) in [5, 5.41) is 16.5. The number of halogens is 1. The monoisotopic (exact) mass is 804 g/mol. The van der Waals surface area contributed by atoms with Crippen LogP contribution in [-0.2, 0) is 21.7 Å². The van der Waals surface area contributed by atoms with Crippen LogP contribution in [0, 0.1) is 11.7 Å². The molecule has 0 spiro atoms. The number of hydrogen-bond donors (Lipinski definition) is 3. The minimum Gasteiger partial charge on any atom is -0.480 e. The number of hydrogen-bond acceptors (Lipinski definition) is 12. The van der Waals surface area contributed by atoms with Gasteiger partial charge < -0.3 is 25.0 Å². The smallest absolute Gasteiger partial charge is 0.278 e. The molecule has 3 fully saturated rings. The first kappa shape index (κ1) is 39.7. The quantitative estimate of drug-likeness (QED) is 0.120. The van der Waals surface area contributed by atoms with E-state index >= 15 is 4.39 Å². The summed E-state index contributed by atoms with van der Waals surface area (Å²) in [4.78, 5) is 57.7.